The predicted molar refractivity (Wildman–Crippen MR) is 109 cm³/mol. The topological polar surface area (TPSA) is 75.1 Å². The number of aliphatic hydroxyl groups excluding tert-OH is 1. The lowest BCUT2D eigenvalue weighted by Crippen LogP contribution is -2.36. The van der Waals surface area contributed by atoms with Crippen LogP contribution in [0, 0.1) is 0 Å². The van der Waals surface area contributed by atoms with Crippen molar-refractivity contribution in [3.8, 4) is 11.5 Å². The SMILES string of the molecule is CCNC(=NCc1ccc(OCCO)c(OC)c1)NCc1ccc(Cl)cc1. The Kier molecular flexibility index (Phi) is 8.74. The second-order valence-electron chi connectivity index (χ2n) is 5.73. The fraction of sp³-hybridized carbons (Fsp3) is 0.350. The summed E-state index contributed by atoms with van der Waals surface area (Å²) < 4.78 is 10.8. The molecular formula is C20H26ClN3O3. The fourth-order valence-electron chi connectivity index (χ4n) is 2.39. The van der Waals surface area contributed by atoms with Crippen molar-refractivity contribution in [2.75, 3.05) is 26.9 Å². The third kappa shape index (κ3) is 7.00. The van der Waals surface area contributed by atoms with Gasteiger partial charge in [0, 0.05) is 18.1 Å². The molecule has 0 aliphatic heterocycles. The lowest BCUT2D eigenvalue weighted by Gasteiger charge is -2.13. The molecule has 2 rings (SSSR count). The lowest BCUT2D eigenvalue weighted by molar-refractivity contribution is 0.196. The Labute approximate surface area is 165 Å². The Bertz CT molecular complexity index is 736. The molecule has 0 heterocycles. The highest BCUT2D eigenvalue weighted by Gasteiger charge is 2.06. The summed E-state index contributed by atoms with van der Waals surface area (Å²) in [5.41, 5.74) is 2.11. The molecule has 0 aliphatic rings. The molecule has 0 amide bonds. The highest BCUT2D eigenvalue weighted by atomic mass is 35.5. The summed E-state index contributed by atoms with van der Waals surface area (Å²) in [7, 11) is 1.59. The van der Waals surface area contributed by atoms with Crippen molar-refractivity contribution in [3.05, 3.63) is 58.6 Å². The lowest BCUT2D eigenvalue weighted by atomic mass is 10.2. The Balaban J connectivity index is 2.01. The molecule has 6 nitrogen and oxygen atoms in total. The molecule has 27 heavy (non-hydrogen) atoms. The zero-order chi connectivity index (χ0) is 19.5. The minimum Gasteiger partial charge on any atom is -0.493 e. The van der Waals surface area contributed by atoms with E-state index in [2.05, 4.69) is 15.6 Å². The van der Waals surface area contributed by atoms with Crippen LogP contribution in [0.2, 0.25) is 5.02 Å². The maximum atomic E-state index is 8.88. The molecule has 146 valence electrons. The Morgan fingerprint density at radius 1 is 1.07 bits per heavy atom. The van der Waals surface area contributed by atoms with Crippen LogP contribution in [0.15, 0.2) is 47.5 Å². The van der Waals surface area contributed by atoms with Crippen molar-refractivity contribution < 1.29 is 14.6 Å². The summed E-state index contributed by atoms with van der Waals surface area (Å²) in [4.78, 5) is 4.62. The molecule has 2 aromatic rings. The van der Waals surface area contributed by atoms with E-state index in [0.717, 1.165) is 28.7 Å². The molecule has 0 radical (unpaired) electrons. The van der Waals surface area contributed by atoms with Gasteiger partial charge in [0.15, 0.2) is 17.5 Å². The van der Waals surface area contributed by atoms with Crippen LogP contribution in [0.3, 0.4) is 0 Å². The van der Waals surface area contributed by atoms with Gasteiger partial charge in [0.05, 0.1) is 20.3 Å². The van der Waals surface area contributed by atoms with Crippen LogP contribution in [-0.4, -0.2) is 37.9 Å². The van der Waals surface area contributed by atoms with Gasteiger partial charge in [-0.2, -0.15) is 0 Å². The van der Waals surface area contributed by atoms with E-state index in [-0.39, 0.29) is 13.2 Å². The van der Waals surface area contributed by atoms with Crippen LogP contribution in [0.5, 0.6) is 11.5 Å². The smallest absolute Gasteiger partial charge is 0.191 e. The number of hydrogen-bond acceptors (Lipinski definition) is 4. The zero-order valence-corrected chi connectivity index (χ0v) is 16.4. The van der Waals surface area contributed by atoms with Crippen LogP contribution in [0.4, 0.5) is 0 Å². The van der Waals surface area contributed by atoms with Gasteiger partial charge in [0.25, 0.3) is 0 Å². The van der Waals surface area contributed by atoms with Gasteiger partial charge in [-0.1, -0.05) is 29.8 Å². The number of methoxy groups -OCH3 is 1. The van der Waals surface area contributed by atoms with Gasteiger partial charge in [-0.05, 0) is 42.3 Å². The highest BCUT2D eigenvalue weighted by molar-refractivity contribution is 6.30. The maximum absolute atomic E-state index is 8.88. The zero-order valence-electron chi connectivity index (χ0n) is 15.7. The summed E-state index contributed by atoms with van der Waals surface area (Å²) in [5, 5.41) is 16.1. The minimum absolute atomic E-state index is 0.0411. The Morgan fingerprint density at radius 3 is 2.48 bits per heavy atom. The van der Waals surface area contributed by atoms with E-state index < -0.39 is 0 Å². The van der Waals surface area contributed by atoms with E-state index in [1.807, 2.05) is 49.4 Å². The molecule has 3 N–H and O–H groups in total. The average Bonchev–Trinajstić information content (AvgIpc) is 2.70. The molecule has 0 saturated carbocycles. The number of guanidine groups is 1. The summed E-state index contributed by atoms with van der Waals surface area (Å²) >= 11 is 5.92. The third-order valence-electron chi connectivity index (χ3n) is 3.71. The first-order valence-electron chi connectivity index (χ1n) is 8.83. The number of ether oxygens (including phenoxy) is 2. The van der Waals surface area contributed by atoms with Crippen LogP contribution in [0.1, 0.15) is 18.1 Å². The van der Waals surface area contributed by atoms with Crippen molar-refractivity contribution in [1.82, 2.24) is 10.6 Å². The van der Waals surface area contributed by atoms with E-state index in [9.17, 15) is 0 Å². The molecule has 0 fully saturated rings. The number of hydrogen-bond donors (Lipinski definition) is 3. The summed E-state index contributed by atoms with van der Waals surface area (Å²) in [5.74, 6) is 1.95. The van der Waals surface area contributed by atoms with Gasteiger partial charge in [-0.25, -0.2) is 4.99 Å². The van der Waals surface area contributed by atoms with Gasteiger partial charge >= 0.3 is 0 Å². The van der Waals surface area contributed by atoms with E-state index >= 15 is 0 Å². The molecule has 0 saturated heterocycles. The fourth-order valence-corrected chi connectivity index (χ4v) is 2.51. The van der Waals surface area contributed by atoms with Gasteiger partial charge in [-0.3, -0.25) is 0 Å². The van der Waals surface area contributed by atoms with Crippen LogP contribution >= 0.6 is 11.6 Å². The average molecular weight is 392 g/mol. The molecule has 0 bridgehead atoms. The van der Waals surface area contributed by atoms with Gasteiger partial charge in [-0.15, -0.1) is 0 Å². The molecule has 0 unspecified atom stereocenters. The van der Waals surface area contributed by atoms with Crippen molar-refractivity contribution in [1.29, 1.82) is 0 Å². The number of benzene rings is 2. The van der Waals surface area contributed by atoms with E-state index in [0.29, 0.717) is 24.6 Å². The number of nitrogens with zero attached hydrogens (tertiary/aromatic N) is 1. The number of aliphatic hydroxyl groups is 1. The van der Waals surface area contributed by atoms with Crippen LogP contribution in [-0.2, 0) is 13.1 Å². The van der Waals surface area contributed by atoms with Crippen LogP contribution in [0.25, 0.3) is 0 Å². The molecular weight excluding hydrogens is 366 g/mol. The monoisotopic (exact) mass is 391 g/mol. The number of nitrogens with one attached hydrogen (secondary N) is 2. The first-order valence-corrected chi connectivity index (χ1v) is 9.21. The number of halogens is 1. The van der Waals surface area contributed by atoms with Gasteiger partial charge < -0.3 is 25.2 Å². The molecule has 0 atom stereocenters. The van der Waals surface area contributed by atoms with E-state index in [4.69, 9.17) is 26.2 Å². The standard InChI is InChI=1S/C20H26ClN3O3/c1-3-22-20(23-13-15-4-7-17(21)8-5-15)24-14-16-6-9-18(27-11-10-25)19(12-16)26-2/h4-9,12,25H,3,10-11,13-14H2,1-2H3,(H2,22,23,24). The number of aliphatic imine (C=N–C) groups is 1. The second kappa shape index (κ2) is 11.3. The largest absolute Gasteiger partial charge is 0.493 e. The normalized spacial score (nSPS) is 11.2. The van der Waals surface area contributed by atoms with Crippen molar-refractivity contribution in [2.45, 2.75) is 20.0 Å². The minimum atomic E-state index is -0.0411. The molecule has 2 aromatic carbocycles. The van der Waals surface area contributed by atoms with Crippen molar-refractivity contribution >= 4 is 17.6 Å². The Morgan fingerprint density at radius 2 is 1.81 bits per heavy atom. The molecule has 0 spiro atoms. The van der Waals surface area contributed by atoms with Crippen molar-refractivity contribution in [3.63, 3.8) is 0 Å². The van der Waals surface area contributed by atoms with E-state index in [1.165, 1.54) is 0 Å². The first-order chi connectivity index (χ1) is 13.2. The predicted octanol–water partition coefficient (Wildman–Crippen LogP) is 2.98. The third-order valence-corrected chi connectivity index (χ3v) is 3.97. The molecule has 7 heteroatoms. The Hall–Kier alpha value is -2.44. The first kappa shape index (κ1) is 20.9. The highest BCUT2D eigenvalue weighted by Crippen LogP contribution is 2.28. The van der Waals surface area contributed by atoms with Crippen molar-refractivity contribution in [2.24, 2.45) is 4.99 Å². The molecule has 0 aromatic heterocycles. The number of rotatable bonds is 9. The maximum Gasteiger partial charge on any atom is 0.191 e. The quantitative estimate of drug-likeness (QED) is 0.452. The summed E-state index contributed by atoms with van der Waals surface area (Å²) in [6, 6.07) is 13.3. The summed E-state index contributed by atoms with van der Waals surface area (Å²) in [6.07, 6.45) is 0. The second-order valence-corrected chi connectivity index (χ2v) is 6.17. The summed E-state index contributed by atoms with van der Waals surface area (Å²) in [6.45, 7) is 4.12. The van der Waals surface area contributed by atoms with Gasteiger partial charge in [0.1, 0.15) is 6.61 Å². The van der Waals surface area contributed by atoms with Crippen LogP contribution < -0.4 is 20.1 Å². The molecule has 0 aliphatic carbocycles. The van der Waals surface area contributed by atoms with E-state index in [1.54, 1.807) is 7.11 Å². The van der Waals surface area contributed by atoms with Gasteiger partial charge in [0.2, 0.25) is 0 Å².